The van der Waals surface area contributed by atoms with Gasteiger partial charge in [0.2, 0.25) is 17.2 Å². The van der Waals surface area contributed by atoms with Crippen LogP contribution in [0.2, 0.25) is 5.28 Å². The Hall–Kier alpha value is -1.54. The Balaban J connectivity index is 3.02. The smallest absolute Gasteiger partial charge is 0.229 e. The summed E-state index contributed by atoms with van der Waals surface area (Å²) in [5, 5.41) is 6.07. The molecule has 0 unspecified atom stereocenters. The van der Waals surface area contributed by atoms with Crippen molar-refractivity contribution in [2.45, 2.75) is 32.2 Å². The van der Waals surface area contributed by atoms with Gasteiger partial charge in [0.25, 0.3) is 0 Å². The van der Waals surface area contributed by atoms with Gasteiger partial charge >= 0.3 is 0 Å². The maximum absolute atomic E-state index is 5.79. The topological polar surface area (TPSA) is 62.7 Å². The number of aromatic nitrogens is 3. The number of halogens is 1. The molecule has 92 valence electrons. The first-order valence-corrected chi connectivity index (χ1v) is 5.82. The summed E-state index contributed by atoms with van der Waals surface area (Å²) in [6, 6.07) is 0. The predicted molar refractivity (Wildman–Crippen MR) is 70.2 cm³/mol. The SMILES string of the molecule is C#CC(CC)(CC)Nc1nc(Cl)nc(NC)n1. The molecule has 0 radical (unpaired) electrons. The lowest BCUT2D eigenvalue weighted by atomic mass is 9.94. The predicted octanol–water partition coefficient (Wildman–Crippen LogP) is 2.17. The van der Waals surface area contributed by atoms with Gasteiger partial charge in [-0.25, -0.2) is 0 Å². The van der Waals surface area contributed by atoms with Crippen molar-refractivity contribution in [2.75, 3.05) is 17.7 Å². The standard InChI is InChI=1S/C11H16ClN5/c1-5-11(6-2,7-3)17-10-15-8(12)14-9(13-4)16-10/h1H,6-7H2,2-4H3,(H2,13,14,15,16,17). The monoisotopic (exact) mass is 253 g/mol. The zero-order valence-corrected chi connectivity index (χ0v) is 11.0. The lowest BCUT2D eigenvalue weighted by Crippen LogP contribution is -2.36. The molecule has 1 aromatic rings. The minimum atomic E-state index is -0.449. The fourth-order valence-electron chi connectivity index (χ4n) is 1.40. The third-order valence-electron chi connectivity index (χ3n) is 2.67. The molecule has 1 heterocycles. The van der Waals surface area contributed by atoms with E-state index in [9.17, 15) is 0 Å². The van der Waals surface area contributed by atoms with Crippen LogP contribution in [0, 0.1) is 12.3 Å². The van der Waals surface area contributed by atoms with Crippen molar-refractivity contribution in [1.29, 1.82) is 0 Å². The van der Waals surface area contributed by atoms with Gasteiger partial charge in [-0.2, -0.15) is 15.0 Å². The van der Waals surface area contributed by atoms with Crippen LogP contribution in [-0.2, 0) is 0 Å². The molecule has 0 aliphatic carbocycles. The highest BCUT2D eigenvalue weighted by Crippen LogP contribution is 2.20. The zero-order valence-electron chi connectivity index (χ0n) is 10.2. The maximum atomic E-state index is 5.79. The van der Waals surface area contributed by atoms with Crippen LogP contribution in [0.1, 0.15) is 26.7 Å². The van der Waals surface area contributed by atoms with Crippen LogP contribution in [0.3, 0.4) is 0 Å². The highest BCUT2D eigenvalue weighted by molar-refractivity contribution is 6.28. The molecule has 0 fully saturated rings. The van der Waals surface area contributed by atoms with Crippen LogP contribution >= 0.6 is 11.6 Å². The third kappa shape index (κ3) is 3.21. The average molecular weight is 254 g/mol. The molecule has 0 atom stereocenters. The van der Waals surface area contributed by atoms with E-state index in [1.807, 2.05) is 13.8 Å². The molecule has 5 nitrogen and oxygen atoms in total. The Morgan fingerprint density at radius 1 is 1.24 bits per heavy atom. The first kappa shape index (κ1) is 13.5. The number of rotatable bonds is 5. The van der Waals surface area contributed by atoms with Gasteiger partial charge in [-0.15, -0.1) is 6.42 Å². The highest BCUT2D eigenvalue weighted by atomic mass is 35.5. The summed E-state index contributed by atoms with van der Waals surface area (Å²) < 4.78 is 0. The Morgan fingerprint density at radius 2 is 1.82 bits per heavy atom. The Morgan fingerprint density at radius 3 is 2.29 bits per heavy atom. The summed E-state index contributed by atoms with van der Waals surface area (Å²) in [6.45, 7) is 4.02. The molecule has 6 heteroatoms. The minimum Gasteiger partial charge on any atom is -0.357 e. The van der Waals surface area contributed by atoms with E-state index in [0.717, 1.165) is 12.8 Å². The second-order valence-corrected chi connectivity index (χ2v) is 3.90. The fraction of sp³-hybridized carbons (Fsp3) is 0.545. The van der Waals surface area contributed by atoms with Crippen molar-refractivity contribution in [1.82, 2.24) is 15.0 Å². The fourth-order valence-corrected chi connectivity index (χ4v) is 1.56. The third-order valence-corrected chi connectivity index (χ3v) is 2.84. The Bertz CT molecular complexity index is 422. The molecule has 1 aromatic heterocycles. The first-order chi connectivity index (χ1) is 8.09. The first-order valence-electron chi connectivity index (χ1n) is 5.44. The average Bonchev–Trinajstić information content (AvgIpc) is 2.35. The molecule has 0 spiro atoms. The van der Waals surface area contributed by atoms with Gasteiger partial charge in [-0.3, -0.25) is 0 Å². The van der Waals surface area contributed by atoms with Gasteiger partial charge in [0.05, 0.1) is 0 Å². The highest BCUT2D eigenvalue weighted by Gasteiger charge is 2.24. The summed E-state index contributed by atoms with van der Waals surface area (Å²) in [7, 11) is 1.71. The van der Waals surface area contributed by atoms with E-state index in [0.29, 0.717) is 11.9 Å². The van der Waals surface area contributed by atoms with Crippen LogP contribution in [0.4, 0.5) is 11.9 Å². The van der Waals surface area contributed by atoms with Crippen LogP contribution in [0.25, 0.3) is 0 Å². The zero-order chi connectivity index (χ0) is 12.9. The van der Waals surface area contributed by atoms with Crippen molar-refractivity contribution in [3.8, 4) is 12.3 Å². The summed E-state index contributed by atoms with van der Waals surface area (Å²) in [6.07, 6.45) is 7.10. The molecule has 1 rings (SSSR count). The normalized spacial score (nSPS) is 10.8. The molecule has 0 aliphatic heterocycles. The van der Waals surface area contributed by atoms with Crippen molar-refractivity contribution in [3.63, 3.8) is 0 Å². The molecular formula is C11H16ClN5. The van der Waals surface area contributed by atoms with Crippen LogP contribution in [0.5, 0.6) is 0 Å². The summed E-state index contributed by atoms with van der Waals surface area (Å²) >= 11 is 5.79. The van der Waals surface area contributed by atoms with Gasteiger partial charge in [-0.1, -0.05) is 19.8 Å². The van der Waals surface area contributed by atoms with Crippen molar-refractivity contribution in [2.24, 2.45) is 0 Å². The van der Waals surface area contributed by atoms with E-state index < -0.39 is 5.54 Å². The second kappa shape index (κ2) is 5.69. The van der Waals surface area contributed by atoms with E-state index in [1.54, 1.807) is 7.05 Å². The molecule has 2 N–H and O–H groups in total. The molecule has 0 aliphatic rings. The number of anilines is 2. The molecule has 0 saturated heterocycles. The summed E-state index contributed by atoms with van der Waals surface area (Å²) in [5.41, 5.74) is -0.449. The van der Waals surface area contributed by atoms with E-state index in [2.05, 4.69) is 31.5 Å². The Labute approximate surface area is 106 Å². The summed E-state index contributed by atoms with van der Waals surface area (Å²) in [4.78, 5) is 12.1. The minimum absolute atomic E-state index is 0.130. The van der Waals surface area contributed by atoms with Gasteiger partial charge in [-0.05, 0) is 24.4 Å². The number of terminal acetylenes is 1. The van der Waals surface area contributed by atoms with Gasteiger partial charge in [0.15, 0.2) is 0 Å². The van der Waals surface area contributed by atoms with E-state index in [1.165, 1.54) is 0 Å². The molecule has 0 aromatic carbocycles. The Kier molecular flexibility index (Phi) is 4.53. The molecule has 0 saturated carbocycles. The second-order valence-electron chi connectivity index (χ2n) is 3.56. The van der Waals surface area contributed by atoms with Gasteiger partial charge in [0.1, 0.15) is 5.54 Å². The molecule has 0 bridgehead atoms. The van der Waals surface area contributed by atoms with Crippen LogP contribution in [0.15, 0.2) is 0 Å². The van der Waals surface area contributed by atoms with E-state index >= 15 is 0 Å². The quantitative estimate of drug-likeness (QED) is 0.788. The number of nitrogens with zero attached hydrogens (tertiary/aromatic N) is 3. The molecule has 0 amide bonds. The van der Waals surface area contributed by atoms with Crippen molar-refractivity contribution in [3.05, 3.63) is 5.28 Å². The van der Waals surface area contributed by atoms with E-state index in [-0.39, 0.29) is 5.28 Å². The lowest BCUT2D eigenvalue weighted by Gasteiger charge is -2.26. The van der Waals surface area contributed by atoms with Crippen LogP contribution in [-0.4, -0.2) is 27.5 Å². The maximum Gasteiger partial charge on any atom is 0.229 e. The van der Waals surface area contributed by atoms with Crippen molar-refractivity contribution < 1.29 is 0 Å². The largest absolute Gasteiger partial charge is 0.357 e. The number of hydrogen-bond donors (Lipinski definition) is 2. The lowest BCUT2D eigenvalue weighted by molar-refractivity contribution is 0.550. The molecule has 17 heavy (non-hydrogen) atoms. The number of nitrogens with one attached hydrogen (secondary N) is 2. The number of hydrogen-bond acceptors (Lipinski definition) is 5. The molecular weight excluding hydrogens is 238 g/mol. The van der Waals surface area contributed by atoms with Crippen LogP contribution < -0.4 is 10.6 Å². The van der Waals surface area contributed by atoms with Gasteiger partial charge < -0.3 is 10.6 Å². The van der Waals surface area contributed by atoms with Gasteiger partial charge in [0, 0.05) is 7.05 Å². The van der Waals surface area contributed by atoms with Crippen molar-refractivity contribution >= 4 is 23.5 Å². The van der Waals surface area contributed by atoms with E-state index in [4.69, 9.17) is 18.0 Å². The summed E-state index contributed by atoms with van der Waals surface area (Å²) in [5.74, 6) is 3.54.